The van der Waals surface area contributed by atoms with Gasteiger partial charge in [-0.2, -0.15) is 0 Å². The van der Waals surface area contributed by atoms with Crippen molar-refractivity contribution in [2.45, 2.75) is 19.4 Å². The zero-order chi connectivity index (χ0) is 13.0. The first-order chi connectivity index (χ1) is 8.72. The van der Waals surface area contributed by atoms with Gasteiger partial charge < -0.3 is 14.5 Å². The highest BCUT2D eigenvalue weighted by atomic mass is 16.5. The number of ether oxygens (including phenoxy) is 1. The van der Waals surface area contributed by atoms with E-state index < -0.39 is 5.97 Å². The second-order valence-electron chi connectivity index (χ2n) is 4.51. The van der Waals surface area contributed by atoms with Crippen LogP contribution in [0.3, 0.4) is 0 Å². The largest absolute Gasteiger partial charge is 0.463 e. The van der Waals surface area contributed by atoms with Crippen LogP contribution in [0.2, 0.25) is 0 Å². The third-order valence-corrected chi connectivity index (χ3v) is 3.35. The van der Waals surface area contributed by atoms with Crippen LogP contribution in [-0.4, -0.2) is 44.2 Å². The van der Waals surface area contributed by atoms with Crippen LogP contribution >= 0.6 is 0 Å². The number of rotatable bonds is 3. The van der Waals surface area contributed by atoms with E-state index in [2.05, 4.69) is 21.9 Å². The molecule has 1 saturated heterocycles. The van der Waals surface area contributed by atoms with E-state index in [0.29, 0.717) is 0 Å². The highest BCUT2D eigenvalue weighted by Gasteiger charge is 2.21. The van der Waals surface area contributed by atoms with Crippen molar-refractivity contribution in [3.05, 3.63) is 23.7 Å². The summed E-state index contributed by atoms with van der Waals surface area (Å²) in [5.41, 5.74) is 0. The van der Waals surface area contributed by atoms with Gasteiger partial charge in [-0.1, -0.05) is 0 Å². The van der Waals surface area contributed by atoms with Crippen LogP contribution in [0.1, 0.15) is 35.7 Å². The first-order valence-electron chi connectivity index (χ1n) is 6.35. The average Bonchev–Trinajstić information content (AvgIpc) is 2.72. The molecule has 1 aromatic heterocycles. The molecule has 1 atom stereocenters. The zero-order valence-electron chi connectivity index (χ0n) is 10.9. The number of hydrogen-bond donors (Lipinski definition) is 1. The highest BCUT2D eigenvalue weighted by Crippen LogP contribution is 2.23. The summed E-state index contributed by atoms with van der Waals surface area (Å²) in [5.74, 6) is 0.663. The minimum Gasteiger partial charge on any atom is -0.463 e. The molecule has 0 amide bonds. The Morgan fingerprint density at radius 1 is 1.44 bits per heavy atom. The molecule has 1 aliphatic rings. The fourth-order valence-electron chi connectivity index (χ4n) is 2.22. The molecule has 0 aromatic carbocycles. The van der Waals surface area contributed by atoms with E-state index in [1.165, 1.54) is 7.11 Å². The Kier molecular flexibility index (Phi) is 4.38. The van der Waals surface area contributed by atoms with E-state index in [-0.39, 0.29) is 11.8 Å². The van der Waals surface area contributed by atoms with Gasteiger partial charge in [0.2, 0.25) is 5.76 Å². The lowest BCUT2D eigenvalue weighted by Gasteiger charge is -2.25. The summed E-state index contributed by atoms with van der Waals surface area (Å²) in [6.07, 6.45) is 1.13. The SMILES string of the molecule is COC(=O)c1ccc(C(C)N2CCCNCC2)o1. The minimum atomic E-state index is -0.425. The summed E-state index contributed by atoms with van der Waals surface area (Å²) >= 11 is 0. The molecule has 2 heterocycles. The first-order valence-corrected chi connectivity index (χ1v) is 6.35. The van der Waals surface area contributed by atoms with Crippen molar-refractivity contribution in [2.75, 3.05) is 33.3 Å². The molecule has 2 rings (SSSR count). The maximum atomic E-state index is 11.3. The lowest BCUT2D eigenvalue weighted by Crippen LogP contribution is -2.30. The molecule has 1 N–H and O–H groups in total. The van der Waals surface area contributed by atoms with Gasteiger partial charge in [-0.15, -0.1) is 0 Å². The second-order valence-corrected chi connectivity index (χ2v) is 4.51. The molecule has 0 saturated carbocycles. The van der Waals surface area contributed by atoms with E-state index in [9.17, 15) is 4.79 Å². The fourth-order valence-corrected chi connectivity index (χ4v) is 2.22. The van der Waals surface area contributed by atoms with Crippen molar-refractivity contribution in [3.8, 4) is 0 Å². The van der Waals surface area contributed by atoms with Crippen molar-refractivity contribution >= 4 is 5.97 Å². The number of methoxy groups -OCH3 is 1. The van der Waals surface area contributed by atoms with Gasteiger partial charge in [0.1, 0.15) is 5.76 Å². The summed E-state index contributed by atoms with van der Waals surface area (Å²) in [6.45, 7) is 6.20. The number of nitrogens with zero attached hydrogens (tertiary/aromatic N) is 1. The third kappa shape index (κ3) is 2.91. The Morgan fingerprint density at radius 3 is 3.06 bits per heavy atom. The molecule has 100 valence electrons. The molecule has 1 aromatic rings. The standard InChI is InChI=1S/C13H20N2O3/c1-10(15-8-3-6-14-7-9-15)11-4-5-12(18-11)13(16)17-2/h4-5,10,14H,3,6-9H2,1-2H3. The maximum Gasteiger partial charge on any atom is 0.373 e. The molecule has 0 radical (unpaired) electrons. The van der Waals surface area contributed by atoms with E-state index in [4.69, 9.17) is 4.42 Å². The first kappa shape index (κ1) is 13.1. The van der Waals surface area contributed by atoms with Crippen molar-refractivity contribution in [1.82, 2.24) is 10.2 Å². The highest BCUT2D eigenvalue weighted by molar-refractivity contribution is 5.86. The minimum absolute atomic E-state index is 0.184. The molecule has 5 heteroatoms. The molecule has 1 fully saturated rings. The summed E-state index contributed by atoms with van der Waals surface area (Å²) in [5, 5.41) is 3.37. The van der Waals surface area contributed by atoms with Crippen LogP contribution in [0.4, 0.5) is 0 Å². The molecule has 0 aliphatic carbocycles. The number of carbonyl (C=O) groups is 1. The normalized spacial score (nSPS) is 19.2. The van der Waals surface area contributed by atoms with Crippen LogP contribution in [-0.2, 0) is 4.74 Å². The topological polar surface area (TPSA) is 54.7 Å². The van der Waals surface area contributed by atoms with Crippen LogP contribution in [0.25, 0.3) is 0 Å². The van der Waals surface area contributed by atoms with Crippen molar-refractivity contribution in [3.63, 3.8) is 0 Å². The number of nitrogens with one attached hydrogen (secondary N) is 1. The number of hydrogen-bond acceptors (Lipinski definition) is 5. The van der Waals surface area contributed by atoms with Gasteiger partial charge in [-0.05, 0) is 32.0 Å². The molecule has 0 bridgehead atoms. The summed E-state index contributed by atoms with van der Waals surface area (Å²) < 4.78 is 10.2. The Bertz CT molecular complexity index is 395. The molecule has 5 nitrogen and oxygen atoms in total. The Balaban J connectivity index is 2.05. The molecule has 0 spiro atoms. The molecule has 1 unspecified atom stereocenters. The van der Waals surface area contributed by atoms with Crippen molar-refractivity contribution < 1.29 is 13.9 Å². The molecular weight excluding hydrogens is 232 g/mol. The van der Waals surface area contributed by atoms with Crippen LogP contribution in [0.5, 0.6) is 0 Å². The Labute approximate surface area is 107 Å². The van der Waals surface area contributed by atoms with Gasteiger partial charge in [-0.3, -0.25) is 4.90 Å². The van der Waals surface area contributed by atoms with Crippen molar-refractivity contribution in [1.29, 1.82) is 0 Å². The van der Waals surface area contributed by atoms with Gasteiger partial charge in [0, 0.05) is 19.6 Å². The van der Waals surface area contributed by atoms with E-state index in [0.717, 1.165) is 38.4 Å². The monoisotopic (exact) mass is 252 g/mol. The van der Waals surface area contributed by atoms with Gasteiger partial charge >= 0.3 is 5.97 Å². The lowest BCUT2D eigenvalue weighted by atomic mass is 10.2. The predicted octanol–water partition coefficient (Wildman–Crippen LogP) is 1.42. The number of carbonyl (C=O) groups excluding carboxylic acids is 1. The van der Waals surface area contributed by atoms with Crippen LogP contribution in [0.15, 0.2) is 16.5 Å². The molecule has 18 heavy (non-hydrogen) atoms. The fraction of sp³-hybridized carbons (Fsp3) is 0.615. The third-order valence-electron chi connectivity index (χ3n) is 3.35. The van der Waals surface area contributed by atoms with E-state index in [1.54, 1.807) is 6.07 Å². The molecular formula is C13H20N2O3. The quantitative estimate of drug-likeness (QED) is 0.825. The summed E-state index contributed by atoms with van der Waals surface area (Å²) in [6, 6.07) is 3.71. The predicted molar refractivity (Wildman–Crippen MR) is 67.5 cm³/mol. The summed E-state index contributed by atoms with van der Waals surface area (Å²) in [7, 11) is 1.36. The molecule has 1 aliphatic heterocycles. The van der Waals surface area contributed by atoms with Crippen LogP contribution < -0.4 is 5.32 Å². The van der Waals surface area contributed by atoms with E-state index >= 15 is 0 Å². The van der Waals surface area contributed by atoms with Crippen molar-refractivity contribution in [2.24, 2.45) is 0 Å². The Hall–Kier alpha value is -1.33. The number of furan rings is 1. The average molecular weight is 252 g/mol. The summed E-state index contributed by atoms with van der Waals surface area (Å²) in [4.78, 5) is 13.7. The number of esters is 1. The lowest BCUT2D eigenvalue weighted by molar-refractivity contribution is 0.0559. The van der Waals surface area contributed by atoms with Gasteiger partial charge in [-0.25, -0.2) is 4.79 Å². The maximum absolute atomic E-state index is 11.3. The van der Waals surface area contributed by atoms with E-state index in [1.807, 2.05) is 6.07 Å². The van der Waals surface area contributed by atoms with Gasteiger partial charge in [0.15, 0.2) is 0 Å². The van der Waals surface area contributed by atoms with Gasteiger partial charge in [0.25, 0.3) is 0 Å². The van der Waals surface area contributed by atoms with Crippen LogP contribution in [0, 0.1) is 0 Å². The van der Waals surface area contributed by atoms with Gasteiger partial charge in [0.05, 0.1) is 13.2 Å². The Morgan fingerprint density at radius 2 is 2.28 bits per heavy atom. The smallest absolute Gasteiger partial charge is 0.373 e. The second kappa shape index (κ2) is 6.02. The zero-order valence-corrected chi connectivity index (χ0v) is 10.9.